The normalized spacial score (nSPS) is 19.2. The zero-order valence-corrected chi connectivity index (χ0v) is 14.9. The van der Waals surface area contributed by atoms with Gasteiger partial charge in [0.15, 0.2) is 0 Å². The molecule has 3 aromatic rings. The van der Waals surface area contributed by atoms with E-state index in [1.807, 2.05) is 24.5 Å². The molecule has 2 aliphatic heterocycles. The molecule has 0 aliphatic carbocycles. The van der Waals surface area contributed by atoms with Crippen LogP contribution in [0.3, 0.4) is 0 Å². The smallest absolute Gasteiger partial charge is 0.242 e. The summed E-state index contributed by atoms with van der Waals surface area (Å²) >= 11 is 0. The molecule has 3 aromatic heterocycles. The summed E-state index contributed by atoms with van der Waals surface area (Å²) in [5.41, 5.74) is 1.90. The third-order valence-corrected chi connectivity index (χ3v) is 5.23. The van der Waals surface area contributed by atoms with Crippen LogP contribution in [0.1, 0.15) is 18.7 Å². The molecule has 1 unspecified atom stereocenters. The summed E-state index contributed by atoms with van der Waals surface area (Å²) in [7, 11) is 0. The van der Waals surface area contributed by atoms with Crippen LogP contribution < -0.4 is 16.0 Å². The maximum absolute atomic E-state index is 12.3. The Morgan fingerprint density at radius 1 is 1.11 bits per heavy atom. The number of anilines is 1. The van der Waals surface area contributed by atoms with Crippen LogP contribution in [-0.4, -0.2) is 44.6 Å². The summed E-state index contributed by atoms with van der Waals surface area (Å²) in [6, 6.07) is 3.82. The number of pyridine rings is 2. The van der Waals surface area contributed by atoms with Crippen molar-refractivity contribution in [3.05, 3.63) is 36.5 Å². The van der Waals surface area contributed by atoms with Gasteiger partial charge < -0.3 is 20.5 Å². The minimum atomic E-state index is -0.123. The van der Waals surface area contributed by atoms with E-state index in [9.17, 15) is 4.79 Å². The predicted molar refractivity (Wildman–Crippen MR) is 102 cm³/mol. The summed E-state index contributed by atoms with van der Waals surface area (Å²) < 4.78 is 2.21. The molecule has 27 heavy (non-hydrogen) atoms. The number of nitrogens with zero attached hydrogens (tertiary/aromatic N) is 4. The number of nitrogens with one attached hydrogen (secondary N) is 3. The van der Waals surface area contributed by atoms with Crippen molar-refractivity contribution in [3.63, 3.8) is 0 Å². The summed E-state index contributed by atoms with van der Waals surface area (Å²) in [6.07, 6.45) is 7.35. The van der Waals surface area contributed by atoms with Crippen LogP contribution in [-0.2, 0) is 17.9 Å². The average Bonchev–Trinajstić information content (AvgIpc) is 3.37. The first-order valence-electron chi connectivity index (χ1n) is 9.33. The Hall–Kier alpha value is -2.84. The topological polar surface area (TPSA) is 96.8 Å². The summed E-state index contributed by atoms with van der Waals surface area (Å²) in [5.74, 6) is 1.58. The number of rotatable bonds is 3. The van der Waals surface area contributed by atoms with Crippen molar-refractivity contribution in [1.82, 2.24) is 30.2 Å². The zero-order chi connectivity index (χ0) is 18.2. The van der Waals surface area contributed by atoms with Crippen molar-refractivity contribution in [3.8, 4) is 11.4 Å². The molecule has 0 saturated carbocycles. The minimum Gasteiger partial charge on any atom is -0.324 e. The number of hydrogen-bond acceptors (Lipinski definition) is 6. The van der Waals surface area contributed by atoms with E-state index in [4.69, 9.17) is 0 Å². The molecular weight excluding hydrogens is 342 g/mol. The SMILES string of the molecule is O=C(Nc1cc2cc(-c3cnc4n3CCNC4)ncc2cn1)C1CCCN1. The van der Waals surface area contributed by atoms with E-state index in [0.29, 0.717) is 5.82 Å². The van der Waals surface area contributed by atoms with E-state index in [2.05, 4.69) is 35.5 Å². The molecule has 1 amide bonds. The van der Waals surface area contributed by atoms with E-state index in [1.165, 1.54) is 0 Å². The van der Waals surface area contributed by atoms with Gasteiger partial charge >= 0.3 is 0 Å². The van der Waals surface area contributed by atoms with E-state index in [0.717, 1.165) is 67.0 Å². The van der Waals surface area contributed by atoms with E-state index >= 15 is 0 Å². The van der Waals surface area contributed by atoms with Crippen molar-refractivity contribution in [2.24, 2.45) is 0 Å². The summed E-state index contributed by atoms with van der Waals surface area (Å²) in [6.45, 7) is 3.49. The lowest BCUT2D eigenvalue weighted by Gasteiger charge is -2.17. The number of amides is 1. The second kappa shape index (κ2) is 6.71. The largest absolute Gasteiger partial charge is 0.324 e. The Morgan fingerprint density at radius 2 is 2.04 bits per heavy atom. The molecule has 3 N–H and O–H groups in total. The molecule has 8 nitrogen and oxygen atoms in total. The highest BCUT2D eigenvalue weighted by Gasteiger charge is 2.22. The minimum absolute atomic E-state index is 0.0222. The van der Waals surface area contributed by atoms with Crippen molar-refractivity contribution < 1.29 is 4.79 Å². The van der Waals surface area contributed by atoms with Gasteiger partial charge in [0.1, 0.15) is 11.6 Å². The van der Waals surface area contributed by atoms with Gasteiger partial charge in [-0.1, -0.05) is 0 Å². The van der Waals surface area contributed by atoms with Crippen LogP contribution in [0, 0.1) is 0 Å². The quantitative estimate of drug-likeness (QED) is 0.649. The Labute approximate surface area is 156 Å². The first-order valence-corrected chi connectivity index (χ1v) is 9.33. The molecule has 0 aromatic carbocycles. The number of carbonyl (C=O) groups is 1. The summed E-state index contributed by atoms with van der Waals surface area (Å²) in [5, 5.41) is 11.4. The number of fused-ring (bicyclic) bond motifs is 2. The lowest BCUT2D eigenvalue weighted by Crippen LogP contribution is -2.35. The third-order valence-electron chi connectivity index (χ3n) is 5.23. The Morgan fingerprint density at radius 3 is 2.93 bits per heavy atom. The molecule has 0 spiro atoms. The van der Waals surface area contributed by atoms with Crippen LogP contribution in [0.4, 0.5) is 5.82 Å². The lowest BCUT2D eigenvalue weighted by atomic mass is 10.1. The van der Waals surface area contributed by atoms with Crippen LogP contribution in [0.5, 0.6) is 0 Å². The van der Waals surface area contributed by atoms with Gasteiger partial charge in [0.05, 0.1) is 30.2 Å². The molecular formula is C19H21N7O. The zero-order valence-electron chi connectivity index (χ0n) is 14.9. The Balaban J connectivity index is 1.46. The molecule has 1 atom stereocenters. The van der Waals surface area contributed by atoms with Gasteiger partial charge in [0, 0.05) is 30.9 Å². The molecule has 5 heterocycles. The van der Waals surface area contributed by atoms with Crippen LogP contribution in [0.15, 0.2) is 30.7 Å². The van der Waals surface area contributed by atoms with Crippen LogP contribution >= 0.6 is 0 Å². The maximum atomic E-state index is 12.3. The second-order valence-corrected chi connectivity index (χ2v) is 7.01. The van der Waals surface area contributed by atoms with Crippen molar-refractivity contribution in [2.75, 3.05) is 18.4 Å². The molecule has 0 bridgehead atoms. The predicted octanol–water partition coefficient (Wildman–Crippen LogP) is 1.29. The lowest BCUT2D eigenvalue weighted by molar-refractivity contribution is -0.117. The number of aromatic nitrogens is 4. The Kier molecular flexibility index (Phi) is 4.06. The van der Waals surface area contributed by atoms with Gasteiger partial charge in [-0.25, -0.2) is 9.97 Å². The molecule has 5 rings (SSSR count). The number of imidazole rings is 1. The van der Waals surface area contributed by atoms with Crippen molar-refractivity contribution in [1.29, 1.82) is 0 Å². The van der Waals surface area contributed by atoms with Crippen LogP contribution in [0.25, 0.3) is 22.2 Å². The van der Waals surface area contributed by atoms with Gasteiger partial charge in [0.25, 0.3) is 0 Å². The molecule has 8 heteroatoms. The second-order valence-electron chi connectivity index (χ2n) is 7.01. The molecule has 138 valence electrons. The van der Waals surface area contributed by atoms with Gasteiger partial charge in [-0.3, -0.25) is 9.78 Å². The molecule has 1 fully saturated rings. The molecule has 2 aliphatic rings. The average molecular weight is 363 g/mol. The van der Waals surface area contributed by atoms with Gasteiger partial charge in [0.2, 0.25) is 5.91 Å². The Bertz CT molecular complexity index is 1010. The molecule has 1 saturated heterocycles. The maximum Gasteiger partial charge on any atom is 0.242 e. The fourth-order valence-corrected chi connectivity index (χ4v) is 3.77. The van der Waals surface area contributed by atoms with E-state index in [-0.39, 0.29) is 11.9 Å². The van der Waals surface area contributed by atoms with Gasteiger partial charge in [-0.2, -0.15) is 0 Å². The highest BCUT2D eigenvalue weighted by Crippen LogP contribution is 2.25. The van der Waals surface area contributed by atoms with E-state index in [1.54, 1.807) is 6.20 Å². The highest BCUT2D eigenvalue weighted by atomic mass is 16.2. The fraction of sp³-hybridized carbons (Fsp3) is 0.368. The van der Waals surface area contributed by atoms with Crippen molar-refractivity contribution >= 4 is 22.5 Å². The van der Waals surface area contributed by atoms with Gasteiger partial charge in [-0.05, 0) is 36.9 Å². The fourth-order valence-electron chi connectivity index (χ4n) is 3.77. The van der Waals surface area contributed by atoms with Crippen LogP contribution in [0.2, 0.25) is 0 Å². The highest BCUT2D eigenvalue weighted by molar-refractivity contribution is 5.96. The van der Waals surface area contributed by atoms with Gasteiger partial charge in [-0.15, -0.1) is 0 Å². The third kappa shape index (κ3) is 3.07. The van der Waals surface area contributed by atoms with E-state index < -0.39 is 0 Å². The first-order chi connectivity index (χ1) is 13.3. The number of hydrogen-bond donors (Lipinski definition) is 3. The number of carbonyl (C=O) groups excluding carboxylic acids is 1. The van der Waals surface area contributed by atoms with Crippen molar-refractivity contribution in [2.45, 2.75) is 32.0 Å². The standard InChI is InChI=1S/C19H21N7O/c27-19(14-2-1-3-21-14)25-17-7-12-6-15(22-8-13(12)9-23-17)16-10-24-18-11-20-4-5-26(16)18/h6-10,14,20-21H,1-5,11H2,(H,23,25,27). The monoisotopic (exact) mass is 363 g/mol. The summed E-state index contributed by atoms with van der Waals surface area (Å²) in [4.78, 5) is 25.8. The first kappa shape index (κ1) is 16.3. The molecule has 0 radical (unpaired) electrons.